The fraction of sp³-hybridized carbons (Fsp3) is 0.238. The van der Waals surface area contributed by atoms with Crippen LogP contribution in [0.5, 0.6) is 0 Å². The summed E-state index contributed by atoms with van der Waals surface area (Å²) in [5.74, 6) is 0.0618. The number of ether oxygens (including phenoxy) is 1. The summed E-state index contributed by atoms with van der Waals surface area (Å²) in [7, 11) is 1.52. The van der Waals surface area contributed by atoms with Crippen LogP contribution in [0.2, 0.25) is 0 Å². The second-order valence-corrected chi connectivity index (χ2v) is 8.00. The van der Waals surface area contributed by atoms with Gasteiger partial charge in [-0.1, -0.05) is 6.07 Å². The Morgan fingerprint density at radius 3 is 2.60 bits per heavy atom. The Bertz CT molecular complexity index is 1240. The minimum absolute atomic E-state index is 0.127. The number of nitrogens with one attached hydrogen (secondary N) is 1. The van der Waals surface area contributed by atoms with Gasteiger partial charge in [-0.05, 0) is 39.0 Å². The minimum Gasteiger partial charge on any atom is -0.380 e. The largest absolute Gasteiger partial charge is 0.380 e. The molecule has 0 aliphatic carbocycles. The maximum Gasteiger partial charge on any atom is 0.267 e. The number of thiophene rings is 1. The van der Waals surface area contributed by atoms with Crippen molar-refractivity contribution in [3.63, 3.8) is 0 Å². The number of carbonyl (C=O) groups excluding carboxylic acids is 1. The van der Waals surface area contributed by atoms with Crippen LogP contribution in [0.3, 0.4) is 0 Å². The normalized spacial score (nSPS) is 11.2. The van der Waals surface area contributed by atoms with Gasteiger partial charge < -0.3 is 10.1 Å². The number of hydrogen-bond donors (Lipinski definition) is 1. The Morgan fingerprint density at radius 1 is 1.17 bits per heavy atom. The van der Waals surface area contributed by atoms with Crippen LogP contribution in [0.15, 0.2) is 30.3 Å². The van der Waals surface area contributed by atoms with Gasteiger partial charge in [0, 0.05) is 40.2 Å². The molecule has 0 bridgehead atoms. The van der Waals surface area contributed by atoms with Gasteiger partial charge in [-0.25, -0.2) is 14.4 Å². The maximum absolute atomic E-state index is 14.4. The van der Waals surface area contributed by atoms with Gasteiger partial charge in [0.1, 0.15) is 11.6 Å². The Hall–Kier alpha value is -3.17. The molecule has 0 aliphatic rings. The predicted octanol–water partition coefficient (Wildman–Crippen LogP) is 4.34. The number of rotatable bonds is 5. The Labute approximate surface area is 176 Å². The lowest BCUT2D eigenvalue weighted by Gasteiger charge is -2.09. The quantitative estimate of drug-likeness (QED) is 0.514. The zero-order valence-electron chi connectivity index (χ0n) is 17.0. The van der Waals surface area contributed by atoms with Crippen molar-refractivity contribution in [2.75, 3.05) is 12.4 Å². The van der Waals surface area contributed by atoms with E-state index in [0.29, 0.717) is 38.0 Å². The van der Waals surface area contributed by atoms with Crippen LogP contribution in [0.1, 0.15) is 32.3 Å². The number of anilines is 1. The lowest BCUT2D eigenvalue weighted by Crippen LogP contribution is -2.17. The third-order valence-electron chi connectivity index (χ3n) is 4.49. The highest BCUT2D eigenvalue weighted by Gasteiger charge is 2.22. The second kappa shape index (κ2) is 7.92. The van der Waals surface area contributed by atoms with Gasteiger partial charge >= 0.3 is 0 Å². The number of hydrogen-bond acceptors (Lipinski definition) is 6. The average molecular weight is 425 g/mol. The monoisotopic (exact) mass is 425 g/mol. The summed E-state index contributed by atoms with van der Waals surface area (Å²) in [6, 6.07) is 8.40. The van der Waals surface area contributed by atoms with E-state index in [1.165, 1.54) is 29.2 Å². The molecular weight excluding hydrogens is 405 g/mol. The molecule has 1 amide bonds. The van der Waals surface area contributed by atoms with Crippen LogP contribution in [-0.2, 0) is 11.3 Å². The number of aryl methyl sites for hydroxylation is 3. The molecule has 0 saturated heterocycles. The number of amides is 1. The Morgan fingerprint density at radius 2 is 1.90 bits per heavy atom. The molecular formula is C21H20FN5O2S. The smallest absolute Gasteiger partial charge is 0.267 e. The predicted molar refractivity (Wildman–Crippen MR) is 114 cm³/mol. The average Bonchev–Trinajstić information content (AvgIpc) is 3.23. The number of methoxy groups -OCH3 is 1. The molecule has 4 aromatic rings. The molecule has 154 valence electrons. The first-order valence-electron chi connectivity index (χ1n) is 9.27. The molecule has 3 aromatic heterocycles. The topological polar surface area (TPSA) is 81.9 Å². The minimum atomic E-state index is -0.376. The van der Waals surface area contributed by atoms with Crippen LogP contribution in [0, 0.1) is 26.6 Å². The molecule has 1 aromatic carbocycles. The van der Waals surface area contributed by atoms with Crippen molar-refractivity contribution in [1.29, 1.82) is 0 Å². The van der Waals surface area contributed by atoms with E-state index in [1.54, 1.807) is 18.2 Å². The third kappa shape index (κ3) is 3.69. The van der Waals surface area contributed by atoms with E-state index in [2.05, 4.69) is 20.4 Å². The van der Waals surface area contributed by atoms with E-state index in [4.69, 9.17) is 4.74 Å². The van der Waals surface area contributed by atoms with Gasteiger partial charge in [-0.3, -0.25) is 4.79 Å². The SMILES string of the molecule is COCc1c(C(=O)Nc2cc(C)nn2-c2nc(C)cc(C)n2)sc2cccc(F)c12. The molecule has 0 saturated carbocycles. The van der Waals surface area contributed by atoms with Crippen LogP contribution in [0.4, 0.5) is 10.2 Å². The molecule has 0 unspecified atom stereocenters. The summed E-state index contributed by atoms with van der Waals surface area (Å²) in [6.07, 6.45) is 0. The van der Waals surface area contributed by atoms with Crippen LogP contribution in [-0.4, -0.2) is 32.8 Å². The zero-order valence-corrected chi connectivity index (χ0v) is 17.8. The van der Waals surface area contributed by atoms with Crippen LogP contribution < -0.4 is 5.32 Å². The fourth-order valence-corrected chi connectivity index (χ4v) is 4.47. The summed E-state index contributed by atoms with van der Waals surface area (Å²) >= 11 is 1.23. The first-order valence-corrected chi connectivity index (χ1v) is 10.1. The molecule has 0 spiro atoms. The van der Waals surface area contributed by atoms with Crippen molar-refractivity contribution in [2.45, 2.75) is 27.4 Å². The first kappa shape index (κ1) is 20.1. The molecule has 30 heavy (non-hydrogen) atoms. The molecule has 7 nitrogen and oxygen atoms in total. The molecule has 0 fully saturated rings. The highest BCUT2D eigenvalue weighted by atomic mass is 32.1. The number of fused-ring (bicyclic) bond motifs is 1. The molecule has 9 heteroatoms. The van der Waals surface area contributed by atoms with Gasteiger partial charge in [0.25, 0.3) is 11.9 Å². The summed E-state index contributed by atoms with van der Waals surface area (Å²) in [5, 5.41) is 7.71. The van der Waals surface area contributed by atoms with E-state index < -0.39 is 0 Å². The number of carbonyl (C=O) groups is 1. The van der Waals surface area contributed by atoms with Gasteiger partial charge in [0.2, 0.25) is 0 Å². The van der Waals surface area contributed by atoms with Crippen molar-refractivity contribution >= 4 is 33.1 Å². The molecule has 0 atom stereocenters. The van der Waals surface area contributed by atoms with Crippen molar-refractivity contribution in [3.8, 4) is 5.95 Å². The number of aromatic nitrogens is 4. The molecule has 3 heterocycles. The van der Waals surface area contributed by atoms with Crippen molar-refractivity contribution in [3.05, 3.63) is 63.7 Å². The van der Waals surface area contributed by atoms with Crippen molar-refractivity contribution in [1.82, 2.24) is 19.7 Å². The lowest BCUT2D eigenvalue weighted by molar-refractivity contribution is 0.102. The number of nitrogens with zero attached hydrogens (tertiary/aromatic N) is 4. The van der Waals surface area contributed by atoms with Crippen molar-refractivity contribution < 1.29 is 13.9 Å². The maximum atomic E-state index is 14.4. The Kier molecular flexibility index (Phi) is 5.31. The standard InChI is InChI=1S/C21H20FN5O2S/c1-11-8-12(2)24-21(23-11)27-17(9-13(3)26-27)25-20(28)19-14(10-29-4)18-15(22)6-5-7-16(18)30-19/h5-9H,10H2,1-4H3,(H,25,28). The first-order chi connectivity index (χ1) is 14.4. The summed E-state index contributed by atoms with van der Waals surface area (Å²) in [4.78, 5) is 22.4. The van der Waals surface area contributed by atoms with Crippen LogP contribution >= 0.6 is 11.3 Å². The summed E-state index contributed by atoms with van der Waals surface area (Å²) < 4.78 is 21.8. The van der Waals surface area contributed by atoms with E-state index >= 15 is 0 Å². The Balaban J connectivity index is 1.75. The molecule has 4 rings (SSSR count). The number of benzene rings is 1. The van der Waals surface area contributed by atoms with Gasteiger partial charge in [0.15, 0.2) is 0 Å². The highest BCUT2D eigenvalue weighted by Crippen LogP contribution is 2.34. The van der Waals surface area contributed by atoms with Gasteiger partial charge in [-0.2, -0.15) is 9.78 Å². The van der Waals surface area contributed by atoms with Crippen molar-refractivity contribution in [2.24, 2.45) is 0 Å². The summed E-state index contributed by atoms with van der Waals surface area (Å²) in [6.45, 7) is 5.69. The fourth-order valence-electron chi connectivity index (χ4n) is 3.35. The van der Waals surface area contributed by atoms with E-state index in [9.17, 15) is 9.18 Å². The van der Waals surface area contributed by atoms with E-state index in [1.807, 2.05) is 26.8 Å². The lowest BCUT2D eigenvalue weighted by atomic mass is 10.1. The third-order valence-corrected chi connectivity index (χ3v) is 5.69. The second-order valence-electron chi connectivity index (χ2n) is 6.94. The van der Waals surface area contributed by atoms with E-state index in [0.717, 1.165) is 11.4 Å². The van der Waals surface area contributed by atoms with Gasteiger partial charge in [-0.15, -0.1) is 11.3 Å². The number of halogens is 1. The van der Waals surface area contributed by atoms with Crippen LogP contribution in [0.25, 0.3) is 16.0 Å². The highest BCUT2D eigenvalue weighted by molar-refractivity contribution is 7.21. The zero-order chi connectivity index (χ0) is 21.4. The van der Waals surface area contributed by atoms with E-state index in [-0.39, 0.29) is 18.3 Å². The summed E-state index contributed by atoms with van der Waals surface area (Å²) in [5.41, 5.74) is 2.82. The van der Waals surface area contributed by atoms with Gasteiger partial charge in [0.05, 0.1) is 17.2 Å². The molecule has 0 radical (unpaired) electrons. The molecule has 1 N–H and O–H groups in total. The molecule has 0 aliphatic heterocycles.